The molecule has 0 unspecified atom stereocenters. The van der Waals surface area contributed by atoms with Crippen LogP contribution in [0.5, 0.6) is 0 Å². The molecule has 4 nitrogen and oxygen atoms in total. The Bertz CT molecular complexity index is 471. The predicted molar refractivity (Wildman–Crippen MR) is 64.5 cm³/mol. The molecule has 0 radical (unpaired) electrons. The van der Waals surface area contributed by atoms with E-state index in [9.17, 15) is 8.42 Å². The molecular weight excluding hydrogens is 292 g/mol. The molecule has 1 saturated carbocycles. The SMILES string of the molecule is O=S(=O)(NCC1CCC1)c1cncc(Br)c1. The monoisotopic (exact) mass is 304 g/mol. The molecule has 1 aliphatic carbocycles. The average Bonchev–Trinajstić information content (AvgIpc) is 2.15. The van der Waals surface area contributed by atoms with Gasteiger partial charge in [0.2, 0.25) is 10.0 Å². The Balaban J connectivity index is 2.05. The van der Waals surface area contributed by atoms with Gasteiger partial charge in [-0.2, -0.15) is 0 Å². The summed E-state index contributed by atoms with van der Waals surface area (Å²) in [5.74, 6) is 0.509. The van der Waals surface area contributed by atoms with E-state index in [2.05, 4.69) is 25.6 Å². The van der Waals surface area contributed by atoms with Crippen molar-refractivity contribution >= 4 is 26.0 Å². The minimum atomic E-state index is -3.40. The number of sulfonamides is 1. The summed E-state index contributed by atoms with van der Waals surface area (Å²) < 4.78 is 27.0. The van der Waals surface area contributed by atoms with Crippen molar-refractivity contribution in [3.8, 4) is 0 Å². The lowest BCUT2D eigenvalue weighted by atomic mass is 9.86. The molecular formula is C10H13BrN2O2S. The number of hydrogen-bond acceptors (Lipinski definition) is 3. The number of halogens is 1. The maximum absolute atomic E-state index is 11.9. The van der Waals surface area contributed by atoms with Gasteiger partial charge in [0, 0.05) is 23.4 Å². The second-order valence-electron chi connectivity index (χ2n) is 3.99. The molecule has 0 bridgehead atoms. The van der Waals surface area contributed by atoms with E-state index in [1.165, 1.54) is 12.6 Å². The Morgan fingerprint density at radius 3 is 2.75 bits per heavy atom. The maximum Gasteiger partial charge on any atom is 0.242 e. The standard InChI is InChI=1S/C10H13BrN2O2S/c11-9-4-10(7-12-6-9)16(14,15)13-5-8-2-1-3-8/h4,6-8,13H,1-3,5H2. The third-order valence-corrected chi connectivity index (χ3v) is 4.60. The van der Waals surface area contributed by atoms with Gasteiger partial charge in [-0.05, 0) is 40.8 Å². The van der Waals surface area contributed by atoms with Crippen LogP contribution in [-0.4, -0.2) is 19.9 Å². The van der Waals surface area contributed by atoms with E-state index in [0.717, 1.165) is 12.8 Å². The lowest BCUT2D eigenvalue weighted by Gasteiger charge is -2.25. The van der Waals surface area contributed by atoms with Gasteiger partial charge in [0.05, 0.1) is 0 Å². The fourth-order valence-corrected chi connectivity index (χ4v) is 3.17. The molecule has 0 saturated heterocycles. The lowest BCUT2D eigenvalue weighted by molar-refractivity contribution is 0.316. The van der Waals surface area contributed by atoms with Crippen LogP contribution < -0.4 is 4.72 Å². The largest absolute Gasteiger partial charge is 0.262 e. The molecule has 0 aliphatic heterocycles. The van der Waals surface area contributed by atoms with Gasteiger partial charge in [0.15, 0.2) is 0 Å². The molecule has 0 amide bonds. The Labute approximate surface area is 104 Å². The first-order valence-electron chi connectivity index (χ1n) is 5.18. The number of rotatable bonds is 4. The van der Waals surface area contributed by atoms with Crippen molar-refractivity contribution < 1.29 is 8.42 Å². The highest BCUT2D eigenvalue weighted by Crippen LogP contribution is 2.25. The van der Waals surface area contributed by atoms with E-state index in [1.54, 1.807) is 12.3 Å². The van der Waals surface area contributed by atoms with Crippen molar-refractivity contribution in [1.82, 2.24) is 9.71 Å². The van der Waals surface area contributed by atoms with Crippen LogP contribution in [0.1, 0.15) is 19.3 Å². The predicted octanol–water partition coefficient (Wildman–Crippen LogP) is 1.92. The zero-order valence-electron chi connectivity index (χ0n) is 8.69. The zero-order chi connectivity index (χ0) is 11.6. The van der Waals surface area contributed by atoms with Gasteiger partial charge >= 0.3 is 0 Å². The third kappa shape index (κ3) is 2.81. The molecule has 1 heterocycles. The van der Waals surface area contributed by atoms with Crippen molar-refractivity contribution in [2.75, 3.05) is 6.54 Å². The summed E-state index contributed by atoms with van der Waals surface area (Å²) in [6, 6.07) is 1.55. The number of aromatic nitrogens is 1. The Hall–Kier alpha value is -0.460. The zero-order valence-corrected chi connectivity index (χ0v) is 11.1. The van der Waals surface area contributed by atoms with Crippen LogP contribution >= 0.6 is 15.9 Å². The summed E-state index contributed by atoms with van der Waals surface area (Å²) in [4.78, 5) is 4.06. The first-order chi connectivity index (χ1) is 7.58. The molecule has 0 aromatic carbocycles. The summed E-state index contributed by atoms with van der Waals surface area (Å²) in [6.45, 7) is 0.537. The van der Waals surface area contributed by atoms with Crippen molar-refractivity contribution in [3.05, 3.63) is 22.9 Å². The number of pyridine rings is 1. The quantitative estimate of drug-likeness (QED) is 0.924. The first-order valence-corrected chi connectivity index (χ1v) is 7.46. The molecule has 1 aromatic rings. The molecule has 0 spiro atoms. The molecule has 1 aliphatic rings. The van der Waals surface area contributed by atoms with Gasteiger partial charge < -0.3 is 0 Å². The summed E-state index contributed by atoms with van der Waals surface area (Å²) in [6.07, 6.45) is 6.38. The Morgan fingerprint density at radius 2 is 2.19 bits per heavy atom. The molecule has 16 heavy (non-hydrogen) atoms. The van der Waals surface area contributed by atoms with Gasteiger partial charge in [-0.1, -0.05) is 6.42 Å². The Kier molecular flexibility index (Phi) is 3.61. The van der Waals surface area contributed by atoms with Crippen LogP contribution in [0.2, 0.25) is 0 Å². The van der Waals surface area contributed by atoms with Gasteiger partial charge in [0.1, 0.15) is 4.90 Å². The highest BCUT2D eigenvalue weighted by atomic mass is 79.9. The summed E-state index contributed by atoms with van der Waals surface area (Å²) in [5, 5.41) is 0. The Morgan fingerprint density at radius 1 is 1.44 bits per heavy atom. The van der Waals surface area contributed by atoms with Gasteiger partial charge in [-0.15, -0.1) is 0 Å². The topological polar surface area (TPSA) is 59.1 Å². The summed E-state index contributed by atoms with van der Waals surface area (Å²) >= 11 is 3.20. The van der Waals surface area contributed by atoms with Crippen molar-refractivity contribution in [2.45, 2.75) is 24.2 Å². The fraction of sp³-hybridized carbons (Fsp3) is 0.500. The average molecular weight is 305 g/mol. The lowest BCUT2D eigenvalue weighted by Crippen LogP contribution is -2.32. The molecule has 1 N–H and O–H groups in total. The van der Waals surface area contributed by atoms with Crippen LogP contribution in [0.3, 0.4) is 0 Å². The van der Waals surface area contributed by atoms with Crippen LogP contribution in [0.15, 0.2) is 27.8 Å². The molecule has 1 fully saturated rings. The van der Waals surface area contributed by atoms with Crippen molar-refractivity contribution in [1.29, 1.82) is 0 Å². The van der Waals surface area contributed by atoms with E-state index >= 15 is 0 Å². The highest BCUT2D eigenvalue weighted by molar-refractivity contribution is 9.10. The third-order valence-electron chi connectivity index (χ3n) is 2.78. The van der Waals surface area contributed by atoms with E-state index < -0.39 is 10.0 Å². The number of nitrogens with zero attached hydrogens (tertiary/aromatic N) is 1. The van der Waals surface area contributed by atoms with Gasteiger partial charge in [0.25, 0.3) is 0 Å². The summed E-state index contributed by atoms with van der Waals surface area (Å²) in [7, 11) is -3.40. The van der Waals surface area contributed by atoms with Crippen LogP contribution in [0.4, 0.5) is 0 Å². The van der Waals surface area contributed by atoms with E-state index in [4.69, 9.17) is 0 Å². The van der Waals surface area contributed by atoms with E-state index in [-0.39, 0.29) is 4.90 Å². The van der Waals surface area contributed by atoms with Crippen molar-refractivity contribution in [3.63, 3.8) is 0 Å². The van der Waals surface area contributed by atoms with Crippen LogP contribution in [0, 0.1) is 5.92 Å². The van der Waals surface area contributed by atoms with E-state index in [0.29, 0.717) is 16.9 Å². The second kappa shape index (κ2) is 4.81. The smallest absolute Gasteiger partial charge is 0.242 e. The van der Waals surface area contributed by atoms with Crippen LogP contribution in [-0.2, 0) is 10.0 Å². The normalized spacial score (nSPS) is 17.1. The van der Waals surface area contributed by atoms with Gasteiger partial charge in [-0.25, -0.2) is 13.1 Å². The van der Waals surface area contributed by atoms with Gasteiger partial charge in [-0.3, -0.25) is 4.98 Å². The molecule has 0 atom stereocenters. The minimum Gasteiger partial charge on any atom is -0.262 e. The summed E-state index contributed by atoms with van der Waals surface area (Å²) in [5.41, 5.74) is 0. The van der Waals surface area contributed by atoms with E-state index in [1.807, 2.05) is 0 Å². The second-order valence-corrected chi connectivity index (χ2v) is 6.67. The first kappa shape index (κ1) is 12.0. The maximum atomic E-state index is 11.9. The fourth-order valence-electron chi connectivity index (χ4n) is 1.55. The molecule has 2 rings (SSSR count). The molecule has 1 aromatic heterocycles. The van der Waals surface area contributed by atoms with Crippen LogP contribution in [0.25, 0.3) is 0 Å². The molecule has 6 heteroatoms. The molecule has 88 valence electrons. The minimum absolute atomic E-state index is 0.209. The van der Waals surface area contributed by atoms with Crippen molar-refractivity contribution in [2.24, 2.45) is 5.92 Å². The number of nitrogens with one attached hydrogen (secondary N) is 1. The highest BCUT2D eigenvalue weighted by Gasteiger charge is 2.21. The number of hydrogen-bond donors (Lipinski definition) is 1.